The van der Waals surface area contributed by atoms with Crippen LogP contribution in [0.5, 0.6) is 5.75 Å². The molecule has 1 heterocycles. The summed E-state index contributed by atoms with van der Waals surface area (Å²) in [5.41, 5.74) is 3.19. The molecule has 136 valence electrons. The smallest absolute Gasteiger partial charge is 0.316 e. The standard InChI is InChI=1S/C22H25NO3/c1-15-5-9-18(10-6-15)23-14-16(13-20(23)24)21(25)26-19-11-7-17(8-12-19)22(2,3)4/h5-12,16H,13-14H2,1-4H3/t16-/m0/s1. The summed E-state index contributed by atoms with van der Waals surface area (Å²) in [7, 11) is 0. The molecule has 1 fully saturated rings. The van der Waals surface area contributed by atoms with Gasteiger partial charge in [0.1, 0.15) is 5.75 Å². The summed E-state index contributed by atoms with van der Waals surface area (Å²) in [6.45, 7) is 8.77. The Kier molecular flexibility index (Phi) is 4.86. The van der Waals surface area contributed by atoms with Crippen LogP contribution in [-0.4, -0.2) is 18.4 Å². The van der Waals surface area contributed by atoms with Crippen LogP contribution in [0.4, 0.5) is 5.69 Å². The van der Waals surface area contributed by atoms with Crippen LogP contribution in [0.15, 0.2) is 48.5 Å². The van der Waals surface area contributed by atoms with Crippen molar-refractivity contribution in [2.45, 2.75) is 39.5 Å². The third kappa shape index (κ3) is 3.96. The average Bonchev–Trinajstić information content (AvgIpc) is 2.97. The molecule has 1 aliphatic rings. The molecule has 0 bridgehead atoms. The molecule has 3 rings (SSSR count). The van der Waals surface area contributed by atoms with Crippen LogP contribution in [0.25, 0.3) is 0 Å². The predicted molar refractivity (Wildman–Crippen MR) is 102 cm³/mol. The van der Waals surface area contributed by atoms with Crippen molar-refractivity contribution in [3.8, 4) is 5.75 Å². The maximum absolute atomic E-state index is 12.5. The quantitative estimate of drug-likeness (QED) is 0.613. The lowest BCUT2D eigenvalue weighted by molar-refractivity contribution is -0.139. The van der Waals surface area contributed by atoms with Gasteiger partial charge in [0.25, 0.3) is 0 Å². The highest BCUT2D eigenvalue weighted by molar-refractivity contribution is 5.99. The molecule has 4 nitrogen and oxygen atoms in total. The van der Waals surface area contributed by atoms with Gasteiger partial charge in [0, 0.05) is 18.7 Å². The number of benzene rings is 2. The summed E-state index contributed by atoms with van der Waals surface area (Å²) in [4.78, 5) is 26.4. The maximum Gasteiger partial charge on any atom is 0.316 e. The van der Waals surface area contributed by atoms with Crippen LogP contribution in [-0.2, 0) is 15.0 Å². The highest BCUT2D eigenvalue weighted by Crippen LogP contribution is 2.28. The number of ether oxygens (including phenoxy) is 1. The molecule has 1 atom stereocenters. The largest absolute Gasteiger partial charge is 0.426 e. The highest BCUT2D eigenvalue weighted by Gasteiger charge is 2.36. The van der Waals surface area contributed by atoms with Crippen molar-refractivity contribution in [3.63, 3.8) is 0 Å². The number of rotatable bonds is 3. The Morgan fingerprint density at radius 3 is 2.23 bits per heavy atom. The fourth-order valence-corrected chi connectivity index (χ4v) is 3.06. The van der Waals surface area contributed by atoms with Crippen LogP contribution in [0.3, 0.4) is 0 Å². The van der Waals surface area contributed by atoms with Crippen LogP contribution >= 0.6 is 0 Å². The first-order valence-electron chi connectivity index (χ1n) is 8.93. The number of hydrogen-bond acceptors (Lipinski definition) is 3. The number of aryl methyl sites for hydroxylation is 1. The summed E-state index contributed by atoms with van der Waals surface area (Å²) in [5.74, 6) is -0.314. The Balaban J connectivity index is 1.65. The molecule has 4 heteroatoms. The van der Waals surface area contributed by atoms with E-state index in [1.165, 1.54) is 5.56 Å². The molecule has 0 aromatic heterocycles. The molecule has 1 amide bonds. The molecular weight excluding hydrogens is 326 g/mol. The van der Waals surface area contributed by atoms with E-state index in [2.05, 4.69) is 20.8 Å². The summed E-state index contributed by atoms with van der Waals surface area (Å²) < 4.78 is 5.50. The molecule has 0 N–H and O–H groups in total. The molecule has 0 spiro atoms. The van der Waals surface area contributed by atoms with Crippen LogP contribution < -0.4 is 9.64 Å². The maximum atomic E-state index is 12.5. The third-order valence-electron chi connectivity index (χ3n) is 4.74. The molecule has 0 radical (unpaired) electrons. The first-order valence-corrected chi connectivity index (χ1v) is 8.93. The Bertz CT molecular complexity index is 801. The Hall–Kier alpha value is -2.62. The minimum atomic E-state index is -0.439. The molecule has 26 heavy (non-hydrogen) atoms. The number of carbonyl (C=O) groups is 2. The van der Waals surface area contributed by atoms with E-state index in [1.54, 1.807) is 4.90 Å². The van der Waals surface area contributed by atoms with Crippen molar-refractivity contribution in [2.75, 3.05) is 11.4 Å². The van der Waals surface area contributed by atoms with Crippen LogP contribution in [0.2, 0.25) is 0 Å². The van der Waals surface area contributed by atoms with E-state index in [0.717, 1.165) is 11.3 Å². The van der Waals surface area contributed by atoms with Gasteiger partial charge in [-0.2, -0.15) is 0 Å². The zero-order valence-corrected chi connectivity index (χ0v) is 15.8. The fourth-order valence-electron chi connectivity index (χ4n) is 3.06. The fraction of sp³-hybridized carbons (Fsp3) is 0.364. The van der Waals surface area contributed by atoms with Crippen molar-refractivity contribution in [1.82, 2.24) is 0 Å². The summed E-state index contributed by atoms with van der Waals surface area (Å²) in [6, 6.07) is 15.3. The molecule has 0 saturated carbocycles. The SMILES string of the molecule is Cc1ccc(N2C[C@@H](C(=O)Oc3ccc(C(C)(C)C)cc3)CC2=O)cc1. The minimum Gasteiger partial charge on any atom is -0.426 e. The van der Waals surface area contributed by atoms with Gasteiger partial charge in [-0.3, -0.25) is 9.59 Å². The number of anilines is 1. The molecule has 0 aliphatic carbocycles. The van der Waals surface area contributed by atoms with E-state index in [-0.39, 0.29) is 23.7 Å². The highest BCUT2D eigenvalue weighted by atomic mass is 16.5. The van der Waals surface area contributed by atoms with E-state index in [4.69, 9.17) is 4.74 Å². The number of hydrogen-bond donors (Lipinski definition) is 0. The first-order chi connectivity index (χ1) is 12.2. The Morgan fingerprint density at radius 2 is 1.65 bits per heavy atom. The van der Waals surface area contributed by atoms with Crippen LogP contribution in [0.1, 0.15) is 38.3 Å². The monoisotopic (exact) mass is 351 g/mol. The molecule has 2 aromatic carbocycles. The van der Waals surface area contributed by atoms with E-state index in [9.17, 15) is 9.59 Å². The van der Waals surface area contributed by atoms with E-state index in [1.807, 2.05) is 55.5 Å². The van der Waals surface area contributed by atoms with Crippen molar-refractivity contribution < 1.29 is 14.3 Å². The number of nitrogens with zero attached hydrogens (tertiary/aromatic N) is 1. The zero-order valence-electron chi connectivity index (χ0n) is 15.8. The average molecular weight is 351 g/mol. The van der Waals surface area contributed by atoms with E-state index < -0.39 is 5.92 Å². The van der Waals surface area contributed by atoms with Gasteiger partial charge in [-0.05, 0) is 42.2 Å². The van der Waals surface area contributed by atoms with Crippen molar-refractivity contribution in [1.29, 1.82) is 0 Å². The second kappa shape index (κ2) is 6.94. The van der Waals surface area contributed by atoms with Crippen molar-refractivity contribution in [3.05, 3.63) is 59.7 Å². The lowest BCUT2D eigenvalue weighted by atomic mass is 9.87. The minimum absolute atomic E-state index is 0.0427. The van der Waals surface area contributed by atoms with Crippen molar-refractivity contribution in [2.24, 2.45) is 5.92 Å². The van der Waals surface area contributed by atoms with Gasteiger partial charge in [0.05, 0.1) is 5.92 Å². The normalized spacial score (nSPS) is 17.5. The third-order valence-corrected chi connectivity index (χ3v) is 4.74. The van der Waals surface area contributed by atoms with Gasteiger partial charge >= 0.3 is 5.97 Å². The van der Waals surface area contributed by atoms with Gasteiger partial charge in [-0.15, -0.1) is 0 Å². The lowest BCUT2D eigenvalue weighted by Gasteiger charge is -2.19. The number of carbonyl (C=O) groups excluding carboxylic acids is 2. The molecule has 0 unspecified atom stereocenters. The van der Waals surface area contributed by atoms with E-state index in [0.29, 0.717) is 12.3 Å². The predicted octanol–water partition coefficient (Wildman–Crippen LogP) is 4.25. The summed E-state index contributed by atoms with van der Waals surface area (Å²) in [5, 5.41) is 0. The number of amides is 1. The van der Waals surface area contributed by atoms with Gasteiger partial charge in [-0.1, -0.05) is 50.6 Å². The molecule has 1 saturated heterocycles. The van der Waals surface area contributed by atoms with E-state index >= 15 is 0 Å². The van der Waals surface area contributed by atoms with Gasteiger partial charge in [0.2, 0.25) is 5.91 Å². The topological polar surface area (TPSA) is 46.6 Å². The number of esters is 1. The summed E-state index contributed by atoms with van der Waals surface area (Å²) >= 11 is 0. The second-order valence-electron chi connectivity index (χ2n) is 7.94. The van der Waals surface area contributed by atoms with Gasteiger partial charge in [0.15, 0.2) is 0 Å². The van der Waals surface area contributed by atoms with Crippen LogP contribution in [0, 0.1) is 12.8 Å². The summed E-state index contributed by atoms with van der Waals surface area (Å²) in [6.07, 6.45) is 0.187. The second-order valence-corrected chi connectivity index (χ2v) is 7.94. The van der Waals surface area contributed by atoms with Gasteiger partial charge in [-0.25, -0.2) is 0 Å². The van der Waals surface area contributed by atoms with Crippen molar-refractivity contribution >= 4 is 17.6 Å². The molecular formula is C22H25NO3. The molecule has 1 aliphatic heterocycles. The first kappa shape index (κ1) is 18.2. The lowest BCUT2D eigenvalue weighted by Crippen LogP contribution is -2.27. The van der Waals surface area contributed by atoms with Gasteiger partial charge < -0.3 is 9.64 Å². The molecule has 2 aromatic rings. The zero-order chi connectivity index (χ0) is 18.9. The Morgan fingerprint density at radius 1 is 1.04 bits per heavy atom. The Labute approximate surface area is 154 Å².